The van der Waals surface area contributed by atoms with Gasteiger partial charge in [-0.1, -0.05) is 0 Å². The van der Waals surface area contributed by atoms with Crippen LogP contribution in [-0.2, 0) is 9.59 Å². The Morgan fingerprint density at radius 3 is 2.00 bits per heavy atom. The van der Waals surface area contributed by atoms with E-state index in [0.717, 1.165) is 0 Å². The van der Waals surface area contributed by atoms with Gasteiger partial charge in [0.1, 0.15) is 0 Å². The normalized spacial score (nSPS) is 7.20. The number of carbonyl (C=O) groups excluding carboxylic acids is 2. The molecule has 27 valence electrons. The SMILES string of the molecule is O=[C]C(=O)[SiH3]. The van der Waals surface area contributed by atoms with Crippen LogP contribution in [0.2, 0.25) is 0 Å². The molecule has 0 rings (SSSR count). The molecule has 3 heteroatoms. The molecule has 0 aliphatic carbocycles. The van der Waals surface area contributed by atoms with Crippen LogP contribution in [0.4, 0.5) is 0 Å². The van der Waals surface area contributed by atoms with E-state index in [-0.39, 0.29) is 0 Å². The van der Waals surface area contributed by atoms with Crippen molar-refractivity contribution in [3.05, 3.63) is 0 Å². The molecule has 0 atom stereocenters. The molecule has 0 aliphatic rings. The van der Waals surface area contributed by atoms with Gasteiger partial charge in [0.2, 0.25) is 0 Å². The summed E-state index contributed by atoms with van der Waals surface area (Å²) in [6, 6.07) is 0. The third-order valence-electron chi connectivity index (χ3n) is 0.144. The van der Waals surface area contributed by atoms with E-state index in [1.54, 1.807) is 0 Å². The zero-order valence-corrected chi connectivity index (χ0v) is 4.82. The Morgan fingerprint density at radius 2 is 2.00 bits per heavy atom. The second-order valence-electron chi connectivity index (χ2n) is 0.658. The van der Waals surface area contributed by atoms with Crippen molar-refractivity contribution < 1.29 is 9.59 Å². The van der Waals surface area contributed by atoms with Crippen LogP contribution >= 0.6 is 0 Å². The van der Waals surface area contributed by atoms with E-state index in [1.807, 2.05) is 0 Å². The first-order chi connectivity index (χ1) is 2.27. The van der Waals surface area contributed by atoms with Gasteiger partial charge >= 0.3 is 0 Å². The highest BCUT2D eigenvalue weighted by Crippen LogP contribution is 1.38. The molecule has 0 aromatic carbocycles. The van der Waals surface area contributed by atoms with E-state index >= 15 is 0 Å². The van der Waals surface area contributed by atoms with Crippen molar-refractivity contribution in [2.45, 2.75) is 0 Å². The summed E-state index contributed by atoms with van der Waals surface area (Å²) in [5, 5.41) is -0.412. The molecule has 0 heterocycles. The fourth-order valence-corrected chi connectivity index (χ4v) is 0. The van der Waals surface area contributed by atoms with Gasteiger partial charge in [0.15, 0.2) is 5.41 Å². The molecule has 2 nitrogen and oxygen atoms in total. The van der Waals surface area contributed by atoms with Gasteiger partial charge in [-0.05, 0) is 0 Å². The van der Waals surface area contributed by atoms with E-state index in [0.29, 0.717) is 10.2 Å². The van der Waals surface area contributed by atoms with Gasteiger partial charge in [0.05, 0.1) is 10.2 Å². The first-order valence-corrected chi connectivity index (χ1v) is 2.16. The van der Waals surface area contributed by atoms with Crippen LogP contribution in [0, 0.1) is 0 Å². The van der Waals surface area contributed by atoms with Crippen molar-refractivity contribution in [2.75, 3.05) is 0 Å². The first kappa shape index (κ1) is 4.56. The Kier molecular flexibility index (Phi) is 1.68. The highest BCUT2D eigenvalue weighted by Gasteiger charge is 1.79. The summed E-state index contributed by atoms with van der Waals surface area (Å²) < 4.78 is 0. The average Bonchev–Trinajstić information content (AvgIpc) is 1.38. The molecule has 0 fully saturated rings. The van der Waals surface area contributed by atoms with Crippen molar-refractivity contribution in [3.63, 3.8) is 0 Å². The molecular formula is C2H3O2Si. The van der Waals surface area contributed by atoms with E-state index in [9.17, 15) is 4.79 Å². The minimum Gasteiger partial charge on any atom is -0.297 e. The topological polar surface area (TPSA) is 34.1 Å². The second kappa shape index (κ2) is 1.84. The highest BCUT2D eigenvalue weighted by atomic mass is 28.1. The summed E-state index contributed by atoms with van der Waals surface area (Å²) >= 11 is 0. The minimum atomic E-state index is -0.412. The van der Waals surface area contributed by atoms with Gasteiger partial charge in [-0.15, -0.1) is 0 Å². The molecule has 0 aromatic rings. The van der Waals surface area contributed by atoms with E-state index in [1.165, 1.54) is 6.29 Å². The zero-order valence-electron chi connectivity index (χ0n) is 2.82. The quantitative estimate of drug-likeness (QED) is 0.273. The van der Waals surface area contributed by atoms with Crippen LogP contribution in [0.1, 0.15) is 0 Å². The molecule has 0 bridgehead atoms. The fourth-order valence-electron chi connectivity index (χ4n) is 0. The van der Waals surface area contributed by atoms with Crippen molar-refractivity contribution >= 4 is 21.9 Å². The predicted octanol–water partition coefficient (Wildman–Crippen LogP) is -2.01. The highest BCUT2D eigenvalue weighted by molar-refractivity contribution is 6.72. The lowest BCUT2D eigenvalue weighted by Gasteiger charge is -1.54. The Balaban J connectivity index is 3.20. The first-order valence-electron chi connectivity index (χ1n) is 1.16. The van der Waals surface area contributed by atoms with Gasteiger partial charge in [0, 0.05) is 0 Å². The zero-order chi connectivity index (χ0) is 4.28. The molecule has 0 spiro atoms. The lowest BCUT2D eigenvalue weighted by molar-refractivity contribution is -0.106. The number of rotatable bonds is 1. The van der Waals surface area contributed by atoms with Crippen molar-refractivity contribution in [2.24, 2.45) is 0 Å². The number of carbonyl (C=O) groups is 1. The maximum absolute atomic E-state index is 9.45. The van der Waals surface area contributed by atoms with Gasteiger partial charge in [-0.3, -0.25) is 9.59 Å². The van der Waals surface area contributed by atoms with E-state index in [4.69, 9.17) is 4.79 Å². The van der Waals surface area contributed by atoms with Crippen LogP contribution < -0.4 is 0 Å². The number of hydrogen-bond acceptors (Lipinski definition) is 2. The lowest BCUT2D eigenvalue weighted by Crippen LogP contribution is -1.93. The summed E-state index contributed by atoms with van der Waals surface area (Å²) in [4.78, 5) is 18.5. The van der Waals surface area contributed by atoms with Crippen LogP contribution in [0.5, 0.6) is 0 Å². The molecule has 0 amide bonds. The molecule has 1 radical (unpaired) electrons. The molecule has 0 N–H and O–H groups in total. The van der Waals surface area contributed by atoms with Crippen LogP contribution in [-0.4, -0.2) is 21.9 Å². The van der Waals surface area contributed by atoms with Gasteiger partial charge in [0.25, 0.3) is 6.29 Å². The molecule has 0 unspecified atom stereocenters. The van der Waals surface area contributed by atoms with Crippen LogP contribution in [0.25, 0.3) is 0 Å². The summed E-state index contributed by atoms with van der Waals surface area (Å²) in [6.07, 6.45) is 1.20. The summed E-state index contributed by atoms with van der Waals surface area (Å²) in [5.41, 5.74) is 0. The largest absolute Gasteiger partial charge is 0.297 e. The van der Waals surface area contributed by atoms with Gasteiger partial charge < -0.3 is 0 Å². The molecule has 0 aromatic heterocycles. The van der Waals surface area contributed by atoms with Crippen molar-refractivity contribution in [3.8, 4) is 0 Å². The van der Waals surface area contributed by atoms with E-state index < -0.39 is 5.41 Å². The maximum atomic E-state index is 9.45. The third-order valence-corrected chi connectivity index (χ3v) is 0.348. The van der Waals surface area contributed by atoms with E-state index in [2.05, 4.69) is 0 Å². The monoisotopic (exact) mass is 87.0 g/mol. The van der Waals surface area contributed by atoms with Crippen molar-refractivity contribution in [1.82, 2.24) is 0 Å². The van der Waals surface area contributed by atoms with Crippen LogP contribution in [0.15, 0.2) is 0 Å². The predicted molar refractivity (Wildman–Crippen MR) is 20.6 cm³/mol. The molecule has 0 saturated carbocycles. The molecule has 0 aliphatic heterocycles. The Labute approximate surface area is 32.6 Å². The maximum Gasteiger partial charge on any atom is 0.265 e. The molecular weight excluding hydrogens is 84.1 g/mol. The Morgan fingerprint density at radius 1 is 1.80 bits per heavy atom. The smallest absolute Gasteiger partial charge is 0.265 e. The lowest BCUT2D eigenvalue weighted by atomic mass is 10.9. The summed E-state index contributed by atoms with van der Waals surface area (Å²) in [6.45, 7) is 0. The second-order valence-corrected chi connectivity index (χ2v) is 1.57. The fraction of sp³-hybridized carbons (Fsp3) is 0. The third kappa shape index (κ3) is 3.56. The van der Waals surface area contributed by atoms with Crippen LogP contribution in [0.3, 0.4) is 0 Å². The Bertz CT molecular complexity index is 58.7. The Hall–Kier alpha value is -0.443. The standard InChI is InChI=1S/C2H3O2Si/c3-1-2(4)5/h5H3. The van der Waals surface area contributed by atoms with Crippen molar-refractivity contribution in [1.29, 1.82) is 0 Å². The molecule has 5 heavy (non-hydrogen) atoms. The minimum absolute atomic E-state index is 0.307. The summed E-state index contributed by atoms with van der Waals surface area (Å²) in [7, 11) is 0.307. The average molecular weight is 87.1 g/mol. The summed E-state index contributed by atoms with van der Waals surface area (Å²) in [5.74, 6) is 0. The van der Waals surface area contributed by atoms with Gasteiger partial charge in [-0.25, -0.2) is 0 Å². The molecule has 0 saturated heterocycles. The number of hydrogen-bond donors (Lipinski definition) is 0. The van der Waals surface area contributed by atoms with Gasteiger partial charge in [-0.2, -0.15) is 0 Å².